The van der Waals surface area contributed by atoms with E-state index in [0.29, 0.717) is 29.9 Å². The number of anilines is 1. The molecule has 114 valence electrons. The summed E-state index contributed by atoms with van der Waals surface area (Å²) in [5, 5.41) is 8.28. The van der Waals surface area contributed by atoms with Gasteiger partial charge >= 0.3 is 0 Å². The summed E-state index contributed by atoms with van der Waals surface area (Å²) in [6.45, 7) is 9.52. The molecule has 7 heteroatoms. The molecule has 6 nitrogen and oxygen atoms in total. The molecule has 0 bridgehead atoms. The Bertz CT molecular complexity index is 626. The first-order valence-corrected chi connectivity index (χ1v) is 7.36. The van der Waals surface area contributed by atoms with Crippen molar-refractivity contribution in [3.63, 3.8) is 0 Å². The van der Waals surface area contributed by atoms with E-state index in [1.807, 2.05) is 33.8 Å². The highest BCUT2D eigenvalue weighted by Gasteiger charge is 2.14. The smallest absolute Gasteiger partial charge is 0.159 e. The summed E-state index contributed by atoms with van der Waals surface area (Å²) in [5.74, 6) is 2.05. The Hall–Kier alpha value is -1.66. The Labute approximate surface area is 129 Å². The maximum atomic E-state index is 6.21. The summed E-state index contributed by atoms with van der Waals surface area (Å²) in [6.07, 6.45) is 0. The van der Waals surface area contributed by atoms with Gasteiger partial charge in [0.2, 0.25) is 0 Å². The van der Waals surface area contributed by atoms with Crippen molar-refractivity contribution in [1.29, 1.82) is 0 Å². The van der Waals surface area contributed by atoms with E-state index >= 15 is 0 Å². The van der Waals surface area contributed by atoms with Crippen LogP contribution < -0.4 is 5.32 Å². The maximum absolute atomic E-state index is 6.21. The van der Waals surface area contributed by atoms with Crippen LogP contribution in [0.15, 0.2) is 6.07 Å². The van der Waals surface area contributed by atoms with Gasteiger partial charge in [-0.3, -0.25) is 0 Å². The molecule has 2 aromatic rings. The molecule has 0 aliphatic rings. The summed E-state index contributed by atoms with van der Waals surface area (Å²) in [5.41, 5.74) is 1.64. The Balaban J connectivity index is 2.45. The number of rotatable bonds is 6. The van der Waals surface area contributed by atoms with Crippen LogP contribution in [0.5, 0.6) is 0 Å². The average molecular weight is 310 g/mol. The fourth-order valence-electron chi connectivity index (χ4n) is 1.97. The summed E-state index contributed by atoms with van der Waals surface area (Å²) in [7, 11) is 0. The maximum Gasteiger partial charge on any atom is 0.159 e. The third-order valence-corrected chi connectivity index (χ3v) is 3.52. The van der Waals surface area contributed by atoms with Gasteiger partial charge in [-0.1, -0.05) is 11.6 Å². The van der Waals surface area contributed by atoms with Crippen LogP contribution in [0.2, 0.25) is 5.02 Å². The van der Waals surface area contributed by atoms with Crippen LogP contribution in [0.3, 0.4) is 0 Å². The molecule has 0 fully saturated rings. The van der Waals surface area contributed by atoms with E-state index in [2.05, 4.69) is 20.4 Å². The SMILES string of the molecule is CCNc1cc(-n2nc(C)c(Cl)c2C)nc(COCC)n1. The normalized spacial score (nSPS) is 10.9. The highest BCUT2D eigenvalue weighted by Crippen LogP contribution is 2.22. The van der Waals surface area contributed by atoms with E-state index in [1.54, 1.807) is 4.68 Å². The Morgan fingerprint density at radius 2 is 2.05 bits per heavy atom. The van der Waals surface area contributed by atoms with Gasteiger partial charge in [0.1, 0.15) is 12.4 Å². The van der Waals surface area contributed by atoms with Crippen molar-refractivity contribution in [2.24, 2.45) is 0 Å². The number of nitrogens with one attached hydrogen (secondary N) is 1. The van der Waals surface area contributed by atoms with Crippen LogP contribution in [0.1, 0.15) is 31.1 Å². The second-order valence-electron chi connectivity index (χ2n) is 4.59. The molecule has 0 spiro atoms. The lowest BCUT2D eigenvalue weighted by Gasteiger charge is -2.10. The molecule has 0 aliphatic carbocycles. The lowest BCUT2D eigenvalue weighted by atomic mass is 10.4. The second kappa shape index (κ2) is 6.87. The number of hydrogen-bond acceptors (Lipinski definition) is 5. The number of hydrogen-bond donors (Lipinski definition) is 1. The molecule has 2 rings (SSSR count). The lowest BCUT2D eigenvalue weighted by Crippen LogP contribution is -2.10. The van der Waals surface area contributed by atoms with E-state index in [9.17, 15) is 0 Å². The van der Waals surface area contributed by atoms with Crippen LogP contribution in [0.25, 0.3) is 5.82 Å². The predicted octanol–water partition coefficient (Wildman–Crippen LogP) is 2.90. The van der Waals surface area contributed by atoms with Gasteiger partial charge in [-0.15, -0.1) is 0 Å². The van der Waals surface area contributed by atoms with E-state index < -0.39 is 0 Å². The molecule has 0 atom stereocenters. The minimum Gasteiger partial charge on any atom is -0.374 e. The van der Waals surface area contributed by atoms with Gasteiger partial charge in [-0.25, -0.2) is 14.6 Å². The third-order valence-electron chi connectivity index (χ3n) is 2.97. The molecular formula is C14H20ClN5O. The summed E-state index contributed by atoms with van der Waals surface area (Å²) < 4.78 is 7.13. The fourth-order valence-corrected chi connectivity index (χ4v) is 2.09. The van der Waals surface area contributed by atoms with Crippen LogP contribution >= 0.6 is 11.6 Å². The molecular weight excluding hydrogens is 290 g/mol. The second-order valence-corrected chi connectivity index (χ2v) is 4.97. The van der Waals surface area contributed by atoms with Crippen molar-refractivity contribution in [2.75, 3.05) is 18.5 Å². The van der Waals surface area contributed by atoms with Gasteiger partial charge in [0.05, 0.1) is 16.4 Å². The molecule has 0 unspecified atom stereocenters. The standard InChI is InChI=1S/C14H20ClN5O/c1-5-16-11-7-13(18-12(17-11)8-21-6-2)20-10(4)14(15)9(3)19-20/h7H,5-6,8H2,1-4H3,(H,16,17,18). The largest absolute Gasteiger partial charge is 0.374 e. The highest BCUT2D eigenvalue weighted by atomic mass is 35.5. The number of aromatic nitrogens is 4. The molecule has 2 aromatic heterocycles. The Morgan fingerprint density at radius 1 is 1.29 bits per heavy atom. The average Bonchev–Trinajstić information content (AvgIpc) is 2.73. The molecule has 0 amide bonds. The van der Waals surface area contributed by atoms with Gasteiger partial charge in [-0.2, -0.15) is 5.10 Å². The number of halogens is 1. The van der Waals surface area contributed by atoms with Gasteiger partial charge in [-0.05, 0) is 27.7 Å². The van der Waals surface area contributed by atoms with E-state index in [0.717, 1.165) is 23.8 Å². The summed E-state index contributed by atoms with van der Waals surface area (Å²) in [4.78, 5) is 8.93. The van der Waals surface area contributed by atoms with Gasteiger partial charge in [0, 0.05) is 19.2 Å². The molecule has 1 N–H and O–H groups in total. The molecule has 0 saturated heterocycles. The molecule has 0 saturated carbocycles. The zero-order valence-electron chi connectivity index (χ0n) is 12.8. The number of aryl methyl sites for hydroxylation is 1. The molecule has 0 aliphatic heterocycles. The topological polar surface area (TPSA) is 64.9 Å². The van der Waals surface area contributed by atoms with E-state index in [1.165, 1.54) is 0 Å². The van der Waals surface area contributed by atoms with Crippen LogP contribution in [-0.2, 0) is 11.3 Å². The van der Waals surface area contributed by atoms with Crippen LogP contribution in [-0.4, -0.2) is 32.9 Å². The molecule has 0 aromatic carbocycles. The first-order chi connectivity index (χ1) is 10.1. The quantitative estimate of drug-likeness (QED) is 0.889. The first kappa shape index (κ1) is 15.7. The van der Waals surface area contributed by atoms with Crippen molar-refractivity contribution >= 4 is 17.4 Å². The van der Waals surface area contributed by atoms with Crippen molar-refractivity contribution in [3.05, 3.63) is 28.3 Å². The van der Waals surface area contributed by atoms with Crippen molar-refractivity contribution < 1.29 is 4.74 Å². The van der Waals surface area contributed by atoms with Crippen molar-refractivity contribution in [2.45, 2.75) is 34.3 Å². The Morgan fingerprint density at radius 3 is 2.62 bits per heavy atom. The van der Waals surface area contributed by atoms with Gasteiger partial charge < -0.3 is 10.1 Å². The highest BCUT2D eigenvalue weighted by molar-refractivity contribution is 6.31. The van der Waals surface area contributed by atoms with E-state index in [-0.39, 0.29) is 0 Å². The number of ether oxygens (including phenoxy) is 1. The van der Waals surface area contributed by atoms with Crippen LogP contribution in [0.4, 0.5) is 5.82 Å². The van der Waals surface area contributed by atoms with Crippen molar-refractivity contribution in [3.8, 4) is 5.82 Å². The minimum absolute atomic E-state index is 0.371. The molecule has 21 heavy (non-hydrogen) atoms. The minimum atomic E-state index is 0.371. The lowest BCUT2D eigenvalue weighted by molar-refractivity contribution is 0.128. The zero-order valence-corrected chi connectivity index (χ0v) is 13.5. The van der Waals surface area contributed by atoms with E-state index in [4.69, 9.17) is 16.3 Å². The Kier molecular flexibility index (Phi) is 5.14. The summed E-state index contributed by atoms with van der Waals surface area (Å²) in [6, 6.07) is 1.86. The van der Waals surface area contributed by atoms with Gasteiger partial charge in [0.25, 0.3) is 0 Å². The van der Waals surface area contributed by atoms with Gasteiger partial charge in [0.15, 0.2) is 11.6 Å². The van der Waals surface area contributed by atoms with Crippen LogP contribution in [0, 0.1) is 13.8 Å². The zero-order chi connectivity index (χ0) is 15.4. The first-order valence-electron chi connectivity index (χ1n) is 6.98. The molecule has 2 heterocycles. The molecule has 0 radical (unpaired) electrons. The third kappa shape index (κ3) is 3.51. The fraction of sp³-hybridized carbons (Fsp3) is 0.500. The van der Waals surface area contributed by atoms with Crippen molar-refractivity contribution in [1.82, 2.24) is 19.7 Å². The number of nitrogens with zero attached hydrogens (tertiary/aromatic N) is 4. The summed E-state index contributed by atoms with van der Waals surface area (Å²) >= 11 is 6.21. The monoisotopic (exact) mass is 309 g/mol. The predicted molar refractivity (Wildman–Crippen MR) is 83.1 cm³/mol.